The molecule has 1 aliphatic rings. The fourth-order valence-electron chi connectivity index (χ4n) is 5.21. The van der Waals surface area contributed by atoms with Gasteiger partial charge in [0, 0.05) is 31.1 Å². The van der Waals surface area contributed by atoms with Gasteiger partial charge in [-0.15, -0.1) is 5.10 Å². The largest absolute Gasteiger partial charge is 0.496 e. The van der Waals surface area contributed by atoms with Gasteiger partial charge in [0.05, 0.1) is 56.4 Å². The summed E-state index contributed by atoms with van der Waals surface area (Å²) in [6.45, 7) is 7.93. The van der Waals surface area contributed by atoms with Crippen LogP contribution in [0.25, 0.3) is 27.4 Å². The van der Waals surface area contributed by atoms with Crippen molar-refractivity contribution in [2.24, 2.45) is 5.92 Å². The lowest BCUT2D eigenvalue weighted by molar-refractivity contribution is -0.154. The number of benzene rings is 1. The van der Waals surface area contributed by atoms with E-state index in [9.17, 15) is 4.79 Å². The normalized spacial score (nSPS) is 15.7. The molecule has 12 heteroatoms. The van der Waals surface area contributed by atoms with E-state index in [2.05, 4.69) is 20.0 Å². The highest BCUT2D eigenvalue weighted by Crippen LogP contribution is 2.38. The second-order valence-corrected chi connectivity index (χ2v) is 12.5. The zero-order valence-corrected chi connectivity index (χ0v) is 25.8. The van der Waals surface area contributed by atoms with E-state index in [1.807, 2.05) is 63.5 Å². The van der Waals surface area contributed by atoms with Gasteiger partial charge in [0.2, 0.25) is 4.96 Å². The van der Waals surface area contributed by atoms with Crippen LogP contribution in [0.15, 0.2) is 47.1 Å². The van der Waals surface area contributed by atoms with Crippen LogP contribution < -0.4 is 19.1 Å². The molecule has 1 aliphatic heterocycles. The maximum absolute atomic E-state index is 12.2. The van der Waals surface area contributed by atoms with Gasteiger partial charge >= 0.3 is 5.97 Å². The van der Waals surface area contributed by atoms with E-state index in [4.69, 9.17) is 23.4 Å². The molecule has 1 unspecified atom stereocenters. The zero-order valence-electron chi connectivity index (χ0n) is 25.0. The van der Waals surface area contributed by atoms with Crippen molar-refractivity contribution >= 4 is 38.9 Å². The fourth-order valence-corrected chi connectivity index (χ4v) is 5.91. The molecule has 0 bridgehead atoms. The molecule has 6 rings (SSSR count). The van der Waals surface area contributed by atoms with Gasteiger partial charge in [0.25, 0.3) is 5.19 Å². The number of furan rings is 1. The fraction of sp³-hybridized carbons (Fsp3) is 0.419. The number of ether oxygens (including phenoxy) is 4. The number of fused-ring (bicyclic) bond motifs is 2. The van der Waals surface area contributed by atoms with E-state index in [0.29, 0.717) is 51.9 Å². The Kier molecular flexibility index (Phi) is 7.87. The second kappa shape index (κ2) is 11.8. The summed E-state index contributed by atoms with van der Waals surface area (Å²) in [5.74, 6) is 2.03. The molecule has 1 aromatic carbocycles. The standard InChI is InChI=1S/C31H35N5O6S/c1-31(2,3)42-28(37)11-20-8-9-21(15-32-20)35-10-6-7-19(16-35)18-40-25-12-22(38-4)13-26-23(25)14-27(41-26)24-17-36-29(33-24)43-30(34-36)39-5/h8-9,12-15,17,19H,6-7,10-11,16,18H2,1-5H3. The minimum Gasteiger partial charge on any atom is -0.496 e. The van der Waals surface area contributed by atoms with E-state index < -0.39 is 5.60 Å². The third-order valence-electron chi connectivity index (χ3n) is 7.17. The smallest absolute Gasteiger partial charge is 0.312 e. The zero-order chi connectivity index (χ0) is 30.1. The average Bonchev–Trinajstić information content (AvgIpc) is 3.68. The first-order chi connectivity index (χ1) is 20.7. The van der Waals surface area contributed by atoms with Crippen LogP contribution in [0.4, 0.5) is 5.69 Å². The molecule has 5 heterocycles. The summed E-state index contributed by atoms with van der Waals surface area (Å²) < 4.78 is 30.5. The van der Waals surface area contributed by atoms with Gasteiger partial charge in [-0.2, -0.15) is 0 Å². The molecule has 1 atom stereocenters. The van der Waals surface area contributed by atoms with Crippen LogP contribution in [0.3, 0.4) is 0 Å². The minimum absolute atomic E-state index is 0.156. The van der Waals surface area contributed by atoms with E-state index in [1.54, 1.807) is 18.7 Å². The number of carbonyl (C=O) groups excluding carboxylic acids is 1. The Morgan fingerprint density at radius 2 is 2.02 bits per heavy atom. The average molecular weight is 606 g/mol. The topological polar surface area (TPSA) is 113 Å². The molecule has 11 nitrogen and oxygen atoms in total. The molecule has 1 saturated heterocycles. The van der Waals surface area contributed by atoms with Crippen molar-refractivity contribution in [3.63, 3.8) is 0 Å². The Morgan fingerprint density at radius 3 is 2.74 bits per heavy atom. The number of hydrogen-bond acceptors (Lipinski definition) is 11. The number of aromatic nitrogens is 4. The predicted octanol–water partition coefficient (Wildman–Crippen LogP) is 5.80. The van der Waals surface area contributed by atoms with Crippen LogP contribution in [0.5, 0.6) is 16.7 Å². The van der Waals surface area contributed by atoms with Gasteiger partial charge < -0.3 is 28.3 Å². The van der Waals surface area contributed by atoms with Crippen molar-refractivity contribution in [2.45, 2.75) is 45.6 Å². The van der Waals surface area contributed by atoms with Crippen molar-refractivity contribution in [3.05, 3.63) is 48.4 Å². The number of piperidine rings is 1. The molecule has 1 fully saturated rings. The van der Waals surface area contributed by atoms with Crippen molar-refractivity contribution < 1.29 is 28.2 Å². The van der Waals surface area contributed by atoms with Crippen LogP contribution in [0.1, 0.15) is 39.3 Å². The summed E-state index contributed by atoms with van der Waals surface area (Å²) >= 11 is 1.36. The summed E-state index contributed by atoms with van der Waals surface area (Å²) in [5.41, 5.74) is 2.56. The van der Waals surface area contributed by atoms with Gasteiger partial charge in [0.15, 0.2) is 5.76 Å². The first kappa shape index (κ1) is 28.8. The molecule has 4 aromatic heterocycles. The molecule has 0 spiro atoms. The van der Waals surface area contributed by atoms with E-state index in [1.165, 1.54) is 11.3 Å². The van der Waals surface area contributed by atoms with Gasteiger partial charge in [0.1, 0.15) is 28.4 Å². The summed E-state index contributed by atoms with van der Waals surface area (Å²) in [7, 11) is 3.21. The highest BCUT2D eigenvalue weighted by atomic mass is 32.1. The molecule has 0 radical (unpaired) electrons. The number of hydrogen-bond donors (Lipinski definition) is 0. The number of methoxy groups -OCH3 is 2. The Balaban J connectivity index is 1.13. The summed E-state index contributed by atoms with van der Waals surface area (Å²) in [6.07, 6.45) is 5.93. The third-order valence-corrected chi connectivity index (χ3v) is 8.06. The van der Waals surface area contributed by atoms with Crippen molar-refractivity contribution in [3.8, 4) is 28.1 Å². The lowest BCUT2D eigenvalue weighted by atomic mass is 9.98. The maximum atomic E-state index is 12.2. The van der Waals surface area contributed by atoms with Crippen molar-refractivity contribution in [1.82, 2.24) is 19.6 Å². The molecule has 0 N–H and O–H groups in total. The first-order valence-corrected chi connectivity index (χ1v) is 15.1. The van der Waals surface area contributed by atoms with Gasteiger partial charge in [-0.3, -0.25) is 9.78 Å². The number of imidazole rings is 1. The lowest BCUT2D eigenvalue weighted by Gasteiger charge is -2.34. The van der Waals surface area contributed by atoms with E-state index in [0.717, 1.165) is 42.0 Å². The van der Waals surface area contributed by atoms with Crippen molar-refractivity contribution in [2.75, 3.05) is 38.8 Å². The van der Waals surface area contributed by atoms with Crippen LogP contribution in [-0.2, 0) is 16.0 Å². The van der Waals surface area contributed by atoms with Crippen LogP contribution in [0.2, 0.25) is 0 Å². The number of anilines is 1. The van der Waals surface area contributed by atoms with E-state index >= 15 is 0 Å². The van der Waals surface area contributed by atoms with Crippen LogP contribution in [-0.4, -0.2) is 65.1 Å². The highest BCUT2D eigenvalue weighted by Gasteiger charge is 2.23. The first-order valence-electron chi connectivity index (χ1n) is 14.2. The Labute approximate surface area is 253 Å². The lowest BCUT2D eigenvalue weighted by Crippen LogP contribution is -2.37. The van der Waals surface area contributed by atoms with Crippen molar-refractivity contribution in [1.29, 1.82) is 0 Å². The Hall–Kier alpha value is -4.32. The Morgan fingerprint density at radius 1 is 1.16 bits per heavy atom. The highest BCUT2D eigenvalue weighted by molar-refractivity contribution is 7.18. The molecule has 43 heavy (non-hydrogen) atoms. The number of pyridine rings is 1. The monoisotopic (exact) mass is 605 g/mol. The third kappa shape index (κ3) is 6.53. The number of carbonyl (C=O) groups is 1. The summed E-state index contributed by atoms with van der Waals surface area (Å²) in [4.78, 5) is 24.4. The summed E-state index contributed by atoms with van der Waals surface area (Å²) in [6, 6.07) is 9.63. The number of esters is 1. The van der Waals surface area contributed by atoms with Gasteiger partial charge in [-0.1, -0.05) is 0 Å². The number of nitrogens with zero attached hydrogens (tertiary/aromatic N) is 5. The quantitative estimate of drug-likeness (QED) is 0.191. The molecular formula is C31H35N5O6S. The molecular weight excluding hydrogens is 570 g/mol. The SMILES string of the molecule is COc1cc(OCC2CCCN(c3ccc(CC(=O)OC(C)(C)C)nc3)C2)c2cc(-c3cn4nc(OC)sc4n3)oc2c1. The summed E-state index contributed by atoms with van der Waals surface area (Å²) in [5, 5.41) is 5.75. The molecule has 226 valence electrons. The Bertz CT molecular complexity index is 1700. The van der Waals surface area contributed by atoms with Gasteiger partial charge in [-0.25, -0.2) is 9.50 Å². The predicted molar refractivity (Wildman–Crippen MR) is 163 cm³/mol. The maximum Gasteiger partial charge on any atom is 0.312 e. The molecule has 5 aromatic rings. The van der Waals surface area contributed by atoms with E-state index in [-0.39, 0.29) is 12.4 Å². The molecule has 0 amide bonds. The molecule has 0 saturated carbocycles. The van der Waals surface area contributed by atoms with Gasteiger partial charge in [-0.05, 0) is 63.1 Å². The van der Waals surface area contributed by atoms with Crippen LogP contribution >= 0.6 is 11.3 Å². The second-order valence-electron chi connectivity index (χ2n) is 11.6. The minimum atomic E-state index is -0.512. The van der Waals surface area contributed by atoms with Crippen LogP contribution in [0, 0.1) is 5.92 Å². The molecule has 0 aliphatic carbocycles. The number of rotatable bonds is 9.